The van der Waals surface area contributed by atoms with E-state index in [1.807, 2.05) is 16.8 Å². The average Bonchev–Trinajstić information content (AvgIpc) is 2.83. The highest BCUT2D eigenvalue weighted by atomic mass is 127. The molecule has 3 rings (SSSR count). The molecule has 21 heavy (non-hydrogen) atoms. The van der Waals surface area contributed by atoms with Crippen LogP contribution in [0.5, 0.6) is 0 Å². The van der Waals surface area contributed by atoms with E-state index >= 15 is 0 Å². The molecule has 0 saturated heterocycles. The van der Waals surface area contributed by atoms with Crippen molar-refractivity contribution in [2.75, 3.05) is 0 Å². The quantitative estimate of drug-likeness (QED) is 0.468. The minimum Gasteiger partial charge on any atom is -0.322 e. The molecule has 0 N–H and O–H groups in total. The highest BCUT2D eigenvalue weighted by Crippen LogP contribution is 2.21. The Kier molecular flexibility index (Phi) is 4.37. The van der Waals surface area contributed by atoms with Crippen LogP contribution < -0.4 is 0 Å². The van der Waals surface area contributed by atoms with E-state index in [0.717, 1.165) is 15.1 Å². The molecule has 0 bridgehead atoms. The summed E-state index contributed by atoms with van der Waals surface area (Å²) < 4.78 is 2.85. The first-order chi connectivity index (χ1) is 10.1. The lowest BCUT2D eigenvalue weighted by Gasteiger charge is -2.06. The molecule has 0 spiro atoms. The van der Waals surface area contributed by atoms with Crippen molar-refractivity contribution in [2.24, 2.45) is 0 Å². The molecule has 3 heterocycles. The van der Waals surface area contributed by atoms with E-state index in [1.165, 1.54) is 0 Å². The minimum atomic E-state index is 0.451. The molecule has 3 aromatic heterocycles. The fourth-order valence-electron chi connectivity index (χ4n) is 1.82. The predicted molar refractivity (Wildman–Crippen MR) is 89.3 cm³/mol. The Morgan fingerprint density at radius 2 is 1.81 bits per heavy atom. The highest BCUT2D eigenvalue weighted by Gasteiger charge is 2.11. The van der Waals surface area contributed by atoms with Crippen molar-refractivity contribution in [3.05, 3.63) is 56.6 Å². The molecule has 8 heteroatoms. The lowest BCUT2D eigenvalue weighted by Crippen LogP contribution is -2.05. The van der Waals surface area contributed by atoms with Crippen molar-refractivity contribution in [1.29, 1.82) is 0 Å². The summed E-state index contributed by atoms with van der Waals surface area (Å²) in [7, 11) is 0. The monoisotopic (exact) mass is 431 g/mol. The minimum absolute atomic E-state index is 0.451. The summed E-state index contributed by atoms with van der Waals surface area (Å²) in [6, 6.07) is 3.62. The number of nitrogens with zero attached hydrogens (tertiary/aromatic N) is 5. The molecule has 0 aromatic carbocycles. The zero-order chi connectivity index (χ0) is 14.8. The zero-order valence-corrected chi connectivity index (χ0v) is 14.2. The van der Waals surface area contributed by atoms with Gasteiger partial charge in [0.05, 0.1) is 11.6 Å². The number of aromatic nitrogens is 5. The summed E-state index contributed by atoms with van der Waals surface area (Å²) in [5, 5.41) is 0.966. The van der Waals surface area contributed by atoms with Gasteiger partial charge < -0.3 is 4.57 Å². The van der Waals surface area contributed by atoms with Gasteiger partial charge in [-0.3, -0.25) is 0 Å². The second kappa shape index (κ2) is 6.25. The van der Waals surface area contributed by atoms with E-state index in [1.54, 1.807) is 24.7 Å². The van der Waals surface area contributed by atoms with Gasteiger partial charge in [-0.1, -0.05) is 23.2 Å². The average molecular weight is 432 g/mol. The lowest BCUT2D eigenvalue weighted by molar-refractivity contribution is 0.749. The van der Waals surface area contributed by atoms with E-state index in [-0.39, 0.29) is 0 Å². The third-order valence-electron chi connectivity index (χ3n) is 2.72. The van der Waals surface area contributed by atoms with E-state index in [4.69, 9.17) is 23.2 Å². The number of hydrogen-bond donors (Lipinski definition) is 0. The Hall–Kier alpha value is -1.25. The molecule has 5 nitrogen and oxygen atoms in total. The van der Waals surface area contributed by atoms with Crippen LogP contribution in [0.25, 0.3) is 11.4 Å². The zero-order valence-electron chi connectivity index (χ0n) is 10.5. The van der Waals surface area contributed by atoms with Gasteiger partial charge in [0.15, 0.2) is 0 Å². The first-order valence-electron chi connectivity index (χ1n) is 5.93. The number of rotatable bonds is 3. The summed E-state index contributed by atoms with van der Waals surface area (Å²) in [6.07, 6.45) is 6.78. The van der Waals surface area contributed by atoms with Crippen molar-refractivity contribution in [1.82, 2.24) is 24.5 Å². The van der Waals surface area contributed by atoms with Crippen molar-refractivity contribution < 1.29 is 0 Å². The molecule has 0 aliphatic carbocycles. The van der Waals surface area contributed by atoms with Gasteiger partial charge in [-0.2, -0.15) is 0 Å². The molecule has 0 amide bonds. The Morgan fingerprint density at radius 3 is 2.48 bits per heavy atom. The highest BCUT2D eigenvalue weighted by molar-refractivity contribution is 14.1. The predicted octanol–water partition coefficient (Wildman–Crippen LogP) is 3.69. The van der Waals surface area contributed by atoms with E-state index in [9.17, 15) is 0 Å². The standard InChI is InChI=1S/C13H8Cl2IN5/c14-9-4-18-12(19-5-9)7-21-6-11(16)20-13(21)8-1-2-10(15)17-3-8/h1-6H,7H2. The molecule has 0 aliphatic heterocycles. The van der Waals surface area contributed by atoms with Crippen LogP contribution in [-0.4, -0.2) is 24.5 Å². The van der Waals surface area contributed by atoms with Gasteiger partial charge in [0.2, 0.25) is 0 Å². The van der Waals surface area contributed by atoms with Crippen LogP contribution in [0.15, 0.2) is 36.9 Å². The van der Waals surface area contributed by atoms with Gasteiger partial charge >= 0.3 is 0 Å². The van der Waals surface area contributed by atoms with Crippen molar-refractivity contribution in [3.63, 3.8) is 0 Å². The Balaban J connectivity index is 1.95. The second-order valence-electron chi connectivity index (χ2n) is 4.20. The van der Waals surface area contributed by atoms with Crippen LogP contribution in [0.2, 0.25) is 10.2 Å². The third-order valence-corrected chi connectivity index (χ3v) is 3.66. The van der Waals surface area contributed by atoms with Crippen LogP contribution in [0.3, 0.4) is 0 Å². The summed E-state index contributed by atoms with van der Waals surface area (Å²) in [6.45, 7) is 0.505. The normalized spacial score (nSPS) is 10.8. The maximum Gasteiger partial charge on any atom is 0.148 e. The molecule has 0 unspecified atom stereocenters. The molecular weight excluding hydrogens is 424 g/mol. The maximum atomic E-state index is 5.82. The van der Waals surface area contributed by atoms with Crippen molar-refractivity contribution in [2.45, 2.75) is 6.54 Å². The summed E-state index contributed by atoms with van der Waals surface area (Å²) in [4.78, 5) is 17.0. The van der Waals surface area contributed by atoms with Crippen LogP contribution in [0.4, 0.5) is 0 Å². The topological polar surface area (TPSA) is 56.5 Å². The molecule has 0 saturated carbocycles. The number of hydrogen-bond acceptors (Lipinski definition) is 4. The van der Waals surface area contributed by atoms with Gasteiger partial charge in [-0.15, -0.1) is 0 Å². The molecular formula is C13H8Cl2IN5. The van der Waals surface area contributed by atoms with Crippen LogP contribution in [0, 0.1) is 3.70 Å². The van der Waals surface area contributed by atoms with Crippen LogP contribution in [0.1, 0.15) is 5.82 Å². The van der Waals surface area contributed by atoms with Gasteiger partial charge in [-0.25, -0.2) is 19.9 Å². The first kappa shape index (κ1) is 14.7. The van der Waals surface area contributed by atoms with Crippen LogP contribution >= 0.6 is 45.8 Å². The summed E-state index contributed by atoms with van der Waals surface area (Å²) >= 11 is 13.8. The fraction of sp³-hybridized carbons (Fsp3) is 0.0769. The Labute approximate surface area is 144 Å². The number of imidazole rings is 1. The van der Waals surface area contributed by atoms with Crippen molar-refractivity contribution in [3.8, 4) is 11.4 Å². The third kappa shape index (κ3) is 3.50. The van der Waals surface area contributed by atoms with Gasteiger partial charge in [0.1, 0.15) is 20.5 Å². The lowest BCUT2D eigenvalue weighted by atomic mass is 10.2. The maximum absolute atomic E-state index is 5.82. The van der Waals surface area contributed by atoms with Gasteiger partial charge in [0, 0.05) is 30.4 Å². The molecule has 0 radical (unpaired) electrons. The van der Waals surface area contributed by atoms with E-state index in [0.29, 0.717) is 22.5 Å². The molecule has 106 valence electrons. The SMILES string of the molecule is Clc1cnc(Cn2cc(I)nc2-c2ccc(Cl)nc2)nc1. The summed E-state index contributed by atoms with van der Waals surface area (Å²) in [5.74, 6) is 1.46. The molecule has 0 fully saturated rings. The summed E-state index contributed by atoms with van der Waals surface area (Å²) in [5.41, 5.74) is 0.885. The Morgan fingerprint density at radius 1 is 1.05 bits per heavy atom. The van der Waals surface area contributed by atoms with E-state index < -0.39 is 0 Å². The van der Waals surface area contributed by atoms with Gasteiger partial charge in [0.25, 0.3) is 0 Å². The second-order valence-corrected chi connectivity index (χ2v) is 6.13. The largest absolute Gasteiger partial charge is 0.322 e. The number of halogens is 3. The smallest absolute Gasteiger partial charge is 0.148 e. The van der Waals surface area contributed by atoms with Crippen LogP contribution in [-0.2, 0) is 6.54 Å². The van der Waals surface area contributed by atoms with Gasteiger partial charge in [-0.05, 0) is 34.7 Å². The fourth-order valence-corrected chi connectivity index (χ4v) is 2.59. The number of pyridine rings is 1. The van der Waals surface area contributed by atoms with E-state index in [2.05, 4.69) is 42.5 Å². The molecule has 3 aromatic rings. The Bertz CT molecular complexity index is 755. The molecule has 0 aliphatic rings. The van der Waals surface area contributed by atoms with Crippen molar-refractivity contribution >= 4 is 45.8 Å². The first-order valence-corrected chi connectivity index (χ1v) is 7.76. The molecule has 0 atom stereocenters.